The molecule has 5 rings (SSSR count). The third-order valence-corrected chi connectivity index (χ3v) is 7.14. The summed E-state index contributed by atoms with van der Waals surface area (Å²) in [6.07, 6.45) is 4.27. The molecule has 0 atom stereocenters. The normalized spacial score (nSPS) is 11.6. The van der Waals surface area contributed by atoms with E-state index in [2.05, 4.69) is 20.4 Å². The molecule has 1 amide bonds. The summed E-state index contributed by atoms with van der Waals surface area (Å²) in [5, 5.41) is 7.64. The predicted octanol–water partition coefficient (Wildman–Crippen LogP) is 3.36. The highest BCUT2D eigenvalue weighted by molar-refractivity contribution is 7.90. The molecule has 3 heterocycles. The van der Waals surface area contributed by atoms with Crippen LogP contribution in [0.2, 0.25) is 0 Å². The Kier molecular flexibility index (Phi) is 6.30. The largest absolute Gasteiger partial charge is 0.349 e. The Morgan fingerprint density at radius 3 is 2.41 bits per heavy atom. The van der Waals surface area contributed by atoms with E-state index in [0.29, 0.717) is 28.1 Å². The average molecular weight is 519 g/mol. The fourth-order valence-electron chi connectivity index (χ4n) is 4.11. The summed E-state index contributed by atoms with van der Waals surface area (Å²) in [6.45, 7) is 0.224. The molecule has 0 aliphatic heterocycles. The molecule has 0 unspecified atom stereocenters. The number of hydrogen-bond acceptors (Lipinski definition) is 6. The second kappa shape index (κ2) is 9.58. The number of amides is 1. The van der Waals surface area contributed by atoms with Crippen LogP contribution in [0, 0.1) is 5.82 Å². The van der Waals surface area contributed by atoms with Gasteiger partial charge in [-0.15, -0.1) is 0 Å². The van der Waals surface area contributed by atoms with E-state index in [9.17, 15) is 17.6 Å². The topological polar surface area (TPSA) is 112 Å². The van der Waals surface area contributed by atoms with Crippen molar-refractivity contribution in [2.24, 2.45) is 7.05 Å². The van der Waals surface area contributed by atoms with E-state index in [1.54, 1.807) is 65.0 Å². The first-order chi connectivity index (χ1) is 17.7. The minimum Gasteiger partial charge on any atom is -0.349 e. The van der Waals surface area contributed by atoms with Gasteiger partial charge in [0.2, 0.25) is 5.91 Å². The van der Waals surface area contributed by atoms with Gasteiger partial charge in [0.1, 0.15) is 18.7 Å². The Labute approximate surface area is 212 Å². The van der Waals surface area contributed by atoms with Gasteiger partial charge >= 0.3 is 0 Å². The number of nitrogens with one attached hydrogen (secondary N) is 1. The number of carbonyl (C=O) groups is 1. The zero-order valence-electron chi connectivity index (χ0n) is 20.1. The van der Waals surface area contributed by atoms with Crippen LogP contribution in [-0.4, -0.2) is 44.9 Å². The summed E-state index contributed by atoms with van der Waals surface area (Å²) < 4.78 is 40.5. The van der Waals surface area contributed by atoms with Crippen LogP contribution in [0.1, 0.15) is 5.69 Å². The maximum atomic E-state index is 13.8. The molecule has 3 aromatic heterocycles. The zero-order valence-corrected chi connectivity index (χ0v) is 20.9. The van der Waals surface area contributed by atoms with E-state index in [1.807, 2.05) is 6.07 Å². The van der Waals surface area contributed by atoms with Gasteiger partial charge in [0.25, 0.3) is 0 Å². The molecule has 188 valence electrons. The number of pyridine rings is 1. The maximum Gasteiger partial charge on any atom is 0.240 e. The fourth-order valence-corrected chi connectivity index (χ4v) is 4.74. The number of benzene rings is 2. The third-order valence-electron chi connectivity index (χ3n) is 6.01. The van der Waals surface area contributed by atoms with Crippen LogP contribution in [0.15, 0.2) is 78.1 Å². The Balaban J connectivity index is 1.30. The van der Waals surface area contributed by atoms with Gasteiger partial charge in [0.05, 0.1) is 22.8 Å². The van der Waals surface area contributed by atoms with Crippen molar-refractivity contribution in [3.8, 4) is 22.6 Å². The number of fused-ring (bicyclic) bond motifs is 1. The van der Waals surface area contributed by atoms with Gasteiger partial charge in [-0.2, -0.15) is 5.10 Å². The number of hydrogen-bond donors (Lipinski definition) is 1. The quantitative estimate of drug-likeness (QED) is 0.354. The minimum atomic E-state index is -3.26. The number of halogens is 1. The molecule has 0 aliphatic rings. The van der Waals surface area contributed by atoms with Gasteiger partial charge in [0.15, 0.2) is 15.7 Å². The summed E-state index contributed by atoms with van der Waals surface area (Å²) in [4.78, 5) is 21.8. The van der Waals surface area contributed by atoms with Gasteiger partial charge in [0, 0.05) is 36.0 Å². The van der Waals surface area contributed by atoms with Crippen molar-refractivity contribution in [1.29, 1.82) is 0 Å². The molecule has 0 radical (unpaired) electrons. The fraction of sp³-hybridized carbons (Fsp3) is 0.154. The van der Waals surface area contributed by atoms with Crippen molar-refractivity contribution >= 4 is 26.6 Å². The second-order valence-electron chi connectivity index (χ2n) is 8.64. The van der Waals surface area contributed by atoms with Crippen molar-refractivity contribution in [1.82, 2.24) is 29.6 Å². The average Bonchev–Trinajstić information content (AvgIpc) is 3.45. The first-order valence-corrected chi connectivity index (χ1v) is 13.2. The molecular formula is C26H23FN6O3S. The molecule has 0 bridgehead atoms. The predicted molar refractivity (Wildman–Crippen MR) is 137 cm³/mol. The smallest absolute Gasteiger partial charge is 0.240 e. The summed E-state index contributed by atoms with van der Waals surface area (Å²) in [5.74, 6) is -0.0433. The van der Waals surface area contributed by atoms with Crippen LogP contribution in [0.3, 0.4) is 0 Å². The molecule has 0 spiro atoms. The van der Waals surface area contributed by atoms with E-state index in [4.69, 9.17) is 0 Å². The molecule has 0 fully saturated rings. The first-order valence-electron chi connectivity index (χ1n) is 11.3. The van der Waals surface area contributed by atoms with Gasteiger partial charge < -0.3 is 9.88 Å². The molecule has 0 saturated carbocycles. The SMILES string of the molecule is Cn1ncnc1-c1cc2cc(F)ccc2n1CC(=O)NCc1ccc(-c2ccc(S(C)(=O)=O)cc2)cn1. The molecule has 9 nitrogen and oxygen atoms in total. The van der Waals surface area contributed by atoms with Crippen molar-refractivity contribution in [3.63, 3.8) is 0 Å². The number of rotatable bonds is 7. The zero-order chi connectivity index (χ0) is 26.2. The van der Waals surface area contributed by atoms with Gasteiger partial charge in [-0.25, -0.2) is 22.5 Å². The Hall–Kier alpha value is -4.38. The lowest BCUT2D eigenvalue weighted by Gasteiger charge is -2.11. The molecule has 1 N–H and O–H groups in total. The summed E-state index contributed by atoms with van der Waals surface area (Å²) in [5.41, 5.74) is 3.69. The third kappa shape index (κ3) is 5.12. The molecule has 5 aromatic rings. The molecule has 0 saturated heterocycles. The molecule has 11 heteroatoms. The van der Waals surface area contributed by atoms with Crippen molar-refractivity contribution in [3.05, 3.63) is 84.7 Å². The van der Waals surface area contributed by atoms with Crippen molar-refractivity contribution in [2.75, 3.05) is 6.26 Å². The Morgan fingerprint density at radius 1 is 1.00 bits per heavy atom. The van der Waals surface area contributed by atoms with Crippen molar-refractivity contribution in [2.45, 2.75) is 18.0 Å². The van der Waals surface area contributed by atoms with Crippen molar-refractivity contribution < 1.29 is 17.6 Å². The van der Waals surface area contributed by atoms with E-state index < -0.39 is 9.84 Å². The van der Waals surface area contributed by atoms with E-state index in [-0.39, 0.29) is 29.7 Å². The minimum absolute atomic E-state index is 0.00208. The lowest BCUT2D eigenvalue weighted by atomic mass is 10.1. The van der Waals surface area contributed by atoms with E-state index >= 15 is 0 Å². The number of carbonyl (C=O) groups excluding carboxylic acids is 1. The van der Waals surface area contributed by atoms with Gasteiger partial charge in [-0.3, -0.25) is 9.78 Å². The highest BCUT2D eigenvalue weighted by Crippen LogP contribution is 2.27. The summed E-state index contributed by atoms with van der Waals surface area (Å²) in [7, 11) is -1.51. The van der Waals surface area contributed by atoms with Crippen LogP contribution < -0.4 is 5.32 Å². The Morgan fingerprint density at radius 2 is 1.76 bits per heavy atom. The molecular weight excluding hydrogens is 495 g/mol. The summed E-state index contributed by atoms with van der Waals surface area (Å²) >= 11 is 0. The van der Waals surface area contributed by atoms with Gasteiger partial charge in [-0.05, 0) is 48.0 Å². The van der Waals surface area contributed by atoms with E-state index in [0.717, 1.165) is 11.1 Å². The molecule has 37 heavy (non-hydrogen) atoms. The highest BCUT2D eigenvalue weighted by atomic mass is 32.2. The van der Waals surface area contributed by atoms with Gasteiger partial charge in [-0.1, -0.05) is 18.2 Å². The monoisotopic (exact) mass is 518 g/mol. The first kappa shape index (κ1) is 24.3. The number of aromatic nitrogens is 5. The highest BCUT2D eigenvalue weighted by Gasteiger charge is 2.17. The molecule has 2 aromatic carbocycles. The second-order valence-corrected chi connectivity index (χ2v) is 10.7. The number of sulfone groups is 1. The lowest BCUT2D eigenvalue weighted by Crippen LogP contribution is -2.27. The maximum absolute atomic E-state index is 13.8. The van der Waals surface area contributed by atoms with E-state index in [1.165, 1.54) is 24.7 Å². The van der Waals surface area contributed by atoms with Crippen LogP contribution in [0.4, 0.5) is 4.39 Å². The lowest BCUT2D eigenvalue weighted by molar-refractivity contribution is -0.121. The number of aryl methyl sites for hydroxylation is 1. The van der Waals surface area contributed by atoms with Crippen LogP contribution in [0.5, 0.6) is 0 Å². The molecule has 0 aliphatic carbocycles. The van der Waals surface area contributed by atoms with Crippen LogP contribution >= 0.6 is 0 Å². The summed E-state index contributed by atoms with van der Waals surface area (Å²) in [6, 6.07) is 16.5. The van der Waals surface area contributed by atoms with Crippen LogP contribution in [-0.2, 0) is 34.8 Å². The Bertz CT molecular complexity index is 1710. The number of nitrogens with zero attached hydrogens (tertiary/aromatic N) is 5. The standard InChI is InChI=1S/C26H23FN6O3S/c1-32-26(30-16-31-32)24-12-19-11-20(27)6-10-23(19)33(24)15-25(34)29-14-21-7-3-18(13-28-21)17-4-8-22(9-5-17)37(2,35)36/h3-13,16H,14-15H2,1-2H3,(H,29,34). The van der Waals surface area contributed by atoms with Crippen LogP contribution in [0.25, 0.3) is 33.5 Å².